The van der Waals surface area contributed by atoms with Crippen LogP contribution in [-0.4, -0.2) is 42.6 Å². The first-order valence-electron chi connectivity index (χ1n) is 7.03. The lowest BCUT2D eigenvalue weighted by Crippen LogP contribution is -2.33. The predicted molar refractivity (Wildman–Crippen MR) is 79.2 cm³/mol. The molecule has 1 aromatic rings. The number of likely N-dealkylation sites (N-methyl/N-ethyl adjacent to an activating group) is 1. The van der Waals surface area contributed by atoms with Crippen LogP contribution >= 0.6 is 0 Å². The molecule has 20 heavy (non-hydrogen) atoms. The van der Waals surface area contributed by atoms with E-state index in [4.69, 9.17) is 0 Å². The molecule has 1 rings (SSSR count). The number of pyridine rings is 1. The van der Waals surface area contributed by atoms with Gasteiger partial charge < -0.3 is 15.5 Å². The molecule has 0 radical (unpaired) electrons. The van der Waals surface area contributed by atoms with E-state index in [2.05, 4.69) is 34.4 Å². The second kappa shape index (κ2) is 7.99. The highest BCUT2D eigenvalue weighted by Crippen LogP contribution is 2.18. The van der Waals surface area contributed by atoms with E-state index in [0.29, 0.717) is 19.1 Å². The lowest BCUT2D eigenvalue weighted by atomic mass is 10.2. The molecule has 2 N–H and O–H groups in total. The van der Waals surface area contributed by atoms with Gasteiger partial charge in [0.05, 0.1) is 0 Å². The van der Waals surface area contributed by atoms with Crippen LogP contribution in [0.15, 0.2) is 6.07 Å². The van der Waals surface area contributed by atoms with E-state index in [1.807, 2.05) is 14.0 Å². The molecule has 6 heteroatoms. The maximum atomic E-state index is 13.6. The second-order valence-corrected chi connectivity index (χ2v) is 4.84. The Morgan fingerprint density at radius 1 is 1.20 bits per heavy atom. The van der Waals surface area contributed by atoms with Gasteiger partial charge in [0, 0.05) is 31.7 Å². The van der Waals surface area contributed by atoms with Crippen molar-refractivity contribution in [3.8, 4) is 0 Å². The van der Waals surface area contributed by atoms with E-state index < -0.39 is 11.6 Å². The molecule has 1 unspecified atom stereocenters. The third-order valence-corrected chi connectivity index (χ3v) is 3.37. The summed E-state index contributed by atoms with van der Waals surface area (Å²) in [6.45, 7) is 7.95. The summed E-state index contributed by atoms with van der Waals surface area (Å²) in [5.74, 6) is -1.19. The molecule has 114 valence electrons. The van der Waals surface area contributed by atoms with E-state index >= 15 is 0 Å². The predicted octanol–water partition coefficient (Wildman–Crippen LogP) is 2.93. The van der Waals surface area contributed by atoms with Gasteiger partial charge in [-0.15, -0.1) is 0 Å². The number of halogens is 2. The van der Waals surface area contributed by atoms with Gasteiger partial charge in [-0.3, -0.25) is 0 Å². The number of nitrogens with one attached hydrogen (secondary N) is 2. The van der Waals surface area contributed by atoms with Crippen molar-refractivity contribution in [3.05, 3.63) is 17.7 Å². The molecule has 0 aliphatic rings. The number of anilines is 2. The zero-order valence-corrected chi connectivity index (χ0v) is 12.6. The molecule has 0 aliphatic carbocycles. The summed E-state index contributed by atoms with van der Waals surface area (Å²) in [7, 11) is 2.02. The number of aromatic nitrogens is 1. The van der Waals surface area contributed by atoms with Crippen LogP contribution in [0.5, 0.6) is 0 Å². The first-order chi connectivity index (χ1) is 9.49. The maximum absolute atomic E-state index is 13.6. The number of nitrogens with zero attached hydrogens (tertiary/aromatic N) is 2. The maximum Gasteiger partial charge on any atom is 0.168 e. The molecular formula is C14H24F2N4. The third kappa shape index (κ3) is 4.59. The number of hydrogen-bond acceptors (Lipinski definition) is 4. The van der Waals surface area contributed by atoms with Crippen molar-refractivity contribution in [2.75, 3.05) is 37.3 Å². The van der Waals surface area contributed by atoms with Crippen molar-refractivity contribution >= 4 is 11.6 Å². The van der Waals surface area contributed by atoms with Gasteiger partial charge >= 0.3 is 0 Å². The Labute approximate surface area is 119 Å². The van der Waals surface area contributed by atoms with Gasteiger partial charge in [0.25, 0.3) is 0 Å². The van der Waals surface area contributed by atoms with E-state index in [0.717, 1.165) is 19.0 Å². The molecule has 1 heterocycles. The molecule has 0 bridgehead atoms. The molecule has 0 saturated carbocycles. The number of hydrogen-bond donors (Lipinski definition) is 2. The molecule has 0 amide bonds. The molecule has 1 aromatic heterocycles. The molecule has 0 saturated heterocycles. The SMILES string of the molecule is CCNc1nc(NCCN(C)C(C)CC)c(F)cc1F. The Bertz CT molecular complexity index is 426. The Morgan fingerprint density at radius 2 is 1.80 bits per heavy atom. The summed E-state index contributed by atoms with van der Waals surface area (Å²) in [6.07, 6.45) is 1.06. The standard InChI is InChI=1S/C14H24F2N4/c1-5-10(3)20(4)8-7-18-14-12(16)9-11(15)13(19-14)17-6-2/h9-10H,5-8H2,1-4H3,(H2,17,18,19). The third-order valence-electron chi connectivity index (χ3n) is 3.37. The smallest absolute Gasteiger partial charge is 0.168 e. The summed E-state index contributed by atoms with van der Waals surface area (Å²) in [4.78, 5) is 6.11. The lowest BCUT2D eigenvalue weighted by Gasteiger charge is -2.23. The van der Waals surface area contributed by atoms with Crippen molar-refractivity contribution in [1.82, 2.24) is 9.88 Å². The van der Waals surface area contributed by atoms with Crippen molar-refractivity contribution in [2.45, 2.75) is 33.2 Å². The summed E-state index contributed by atoms with van der Waals surface area (Å²) in [5.41, 5.74) is 0. The zero-order chi connectivity index (χ0) is 15.1. The van der Waals surface area contributed by atoms with Crippen LogP contribution < -0.4 is 10.6 Å². The van der Waals surface area contributed by atoms with Crippen LogP contribution in [0.25, 0.3) is 0 Å². The fourth-order valence-electron chi connectivity index (χ4n) is 1.76. The lowest BCUT2D eigenvalue weighted by molar-refractivity contribution is 0.261. The molecule has 4 nitrogen and oxygen atoms in total. The van der Waals surface area contributed by atoms with E-state index in [-0.39, 0.29) is 11.6 Å². The van der Waals surface area contributed by atoms with Crippen LogP contribution in [0.2, 0.25) is 0 Å². The summed E-state index contributed by atoms with van der Waals surface area (Å²) in [6, 6.07) is 1.33. The van der Waals surface area contributed by atoms with Gasteiger partial charge in [-0.2, -0.15) is 0 Å². The normalized spacial score (nSPS) is 12.6. The Hall–Kier alpha value is -1.43. The average molecular weight is 286 g/mol. The van der Waals surface area contributed by atoms with Crippen LogP contribution in [-0.2, 0) is 0 Å². The number of rotatable bonds is 8. The summed E-state index contributed by atoms with van der Waals surface area (Å²) < 4.78 is 27.0. The largest absolute Gasteiger partial charge is 0.368 e. The fraction of sp³-hybridized carbons (Fsp3) is 0.643. The average Bonchev–Trinajstić information content (AvgIpc) is 2.42. The van der Waals surface area contributed by atoms with E-state index in [9.17, 15) is 8.78 Å². The van der Waals surface area contributed by atoms with Crippen molar-refractivity contribution in [1.29, 1.82) is 0 Å². The van der Waals surface area contributed by atoms with Gasteiger partial charge in [-0.05, 0) is 27.3 Å². The first-order valence-corrected chi connectivity index (χ1v) is 7.03. The van der Waals surface area contributed by atoms with Gasteiger partial charge in [-0.25, -0.2) is 13.8 Å². The minimum Gasteiger partial charge on any atom is -0.368 e. The monoisotopic (exact) mass is 286 g/mol. The van der Waals surface area contributed by atoms with Gasteiger partial charge in [0.1, 0.15) is 0 Å². The Kier molecular flexibility index (Phi) is 6.64. The molecule has 0 spiro atoms. The molecule has 0 aromatic carbocycles. The highest BCUT2D eigenvalue weighted by atomic mass is 19.1. The minimum absolute atomic E-state index is 0.0756. The summed E-state index contributed by atoms with van der Waals surface area (Å²) >= 11 is 0. The van der Waals surface area contributed by atoms with Crippen LogP contribution in [0, 0.1) is 11.6 Å². The van der Waals surface area contributed by atoms with Crippen LogP contribution in [0.1, 0.15) is 27.2 Å². The second-order valence-electron chi connectivity index (χ2n) is 4.84. The van der Waals surface area contributed by atoms with Crippen molar-refractivity contribution in [3.63, 3.8) is 0 Å². The van der Waals surface area contributed by atoms with Gasteiger partial charge in [-0.1, -0.05) is 6.92 Å². The van der Waals surface area contributed by atoms with Crippen LogP contribution in [0.4, 0.5) is 20.4 Å². The topological polar surface area (TPSA) is 40.2 Å². The van der Waals surface area contributed by atoms with Crippen LogP contribution in [0.3, 0.4) is 0 Å². The highest BCUT2D eigenvalue weighted by molar-refractivity contribution is 5.47. The molecular weight excluding hydrogens is 262 g/mol. The van der Waals surface area contributed by atoms with Gasteiger partial charge in [0.2, 0.25) is 0 Å². The Balaban J connectivity index is 2.61. The summed E-state index contributed by atoms with van der Waals surface area (Å²) in [5, 5.41) is 5.68. The first kappa shape index (κ1) is 16.6. The van der Waals surface area contributed by atoms with E-state index in [1.165, 1.54) is 0 Å². The van der Waals surface area contributed by atoms with Gasteiger partial charge in [0.15, 0.2) is 23.3 Å². The highest BCUT2D eigenvalue weighted by Gasteiger charge is 2.12. The van der Waals surface area contributed by atoms with Crippen molar-refractivity contribution in [2.24, 2.45) is 0 Å². The Morgan fingerprint density at radius 3 is 2.35 bits per heavy atom. The zero-order valence-electron chi connectivity index (χ0n) is 12.6. The molecule has 1 atom stereocenters. The minimum atomic E-state index is -0.674. The molecule has 0 fully saturated rings. The van der Waals surface area contributed by atoms with Crippen molar-refractivity contribution < 1.29 is 8.78 Å². The molecule has 0 aliphatic heterocycles. The van der Waals surface area contributed by atoms with E-state index in [1.54, 1.807) is 0 Å². The fourth-order valence-corrected chi connectivity index (χ4v) is 1.76. The quantitative estimate of drug-likeness (QED) is 0.771.